The van der Waals surface area contributed by atoms with E-state index in [1.165, 1.54) is 0 Å². The number of aromatic hydroxyl groups is 1. The molecule has 1 aromatic rings. The van der Waals surface area contributed by atoms with Gasteiger partial charge >= 0.3 is 0 Å². The maximum atomic E-state index is 9.55. The van der Waals surface area contributed by atoms with Gasteiger partial charge in [0, 0.05) is 10.0 Å². The van der Waals surface area contributed by atoms with E-state index < -0.39 is 0 Å². The lowest BCUT2D eigenvalue weighted by Gasteiger charge is -2.11. The Bertz CT molecular complexity index is 289. The molecule has 2 nitrogen and oxygen atoms in total. The number of phenols is 1. The summed E-state index contributed by atoms with van der Waals surface area (Å²) in [5.41, 5.74) is 7.48. The predicted octanol–water partition coefficient (Wildman–Crippen LogP) is 2.53. The highest BCUT2D eigenvalue weighted by atomic mass is 79.9. The zero-order valence-corrected chi connectivity index (χ0v) is 9.43. The Morgan fingerprint density at radius 1 is 1.54 bits per heavy atom. The van der Waals surface area contributed by atoms with Gasteiger partial charge in [-0.1, -0.05) is 22.9 Å². The second kappa shape index (κ2) is 4.11. The van der Waals surface area contributed by atoms with E-state index in [9.17, 15) is 5.11 Å². The van der Waals surface area contributed by atoms with Crippen molar-refractivity contribution in [3.8, 4) is 5.75 Å². The molecule has 0 fully saturated rings. The molecule has 0 aliphatic carbocycles. The van der Waals surface area contributed by atoms with Crippen LogP contribution in [0.1, 0.15) is 24.0 Å². The maximum absolute atomic E-state index is 9.55. The van der Waals surface area contributed by atoms with Crippen molar-refractivity contribution >= 4 is 15.9 Å². The van der Waals surface area contributed by atoms with Gasteiger partial charge < -0.3 is 10.8 Å². The number of rotatable bonds is 2. The van der Waals surface area contributed by atoms with Gasteiger partial charge in [0.2, 0.25) is 0 Å². The van der Waals surface area contributed by atoms with Gasteiger partial charge in [-0.25, -0.2) is 0 Å². The van der Waals surface area contributed by atoms with Crippen molar-refractivity contribution in [3.05, 3.63) is 27.7 Å². The molecule has 13 heavy (non-hydrogen) atoms. The monoisotopic (exact) mass is 243 g/mol. The van der Waals surface area contributed by atoms with Crippen LogP contribution in [0.25, 0.3) is 0 Å². The summed E-state index contributed by atoms with van der Waals surface area (Å²) in [5, 5.41) is 9.55. The highest BCUT2D eigenvalue weighted by Crippen LogP contribution is 2.29. The van der Waals surface area contributed by atoms with Crippen LogP contribution in [0.2, 0.25) is 0 Å². The minimum Gasteiger partial charge on any atom is -0.508 e. The van der Waals surface area contributed by atoms with Gasteiger partial charge in [-0.3, -0.25) is 0 Å². The molecule has 1 atom stereocenters. The largest absolute Gasteiger partial charge is 0.508 e. The third-order valence-corrected chi connectivity index (χ3v) is 3.09. The van der Waals surface area contributed by atoms with Gasteiger partial charge in [0.05, 0.1) is 0 Å². The minimum atomic E-state index is 0.280. The van der Waals surface area contributed by atoms with Crippen molar-refractivity contribution in [2.45, 2.75) is 19.8 Å². The van der Waals surface area contributed by atoms with Crippen LogP contribution in [0.5, 0.6) is 5.75 Å². The van der Waals surface area contributed by atoms with Gasteiger partial charge in [-0.2, -0.15) is 0 Å². The Balaban J connectivity index is 3.13. The van der Waals surface area contributed by atoms with Crippen molar-refractivity contribution < 1.29 is 5.11 Å². The van der Waals surface area contributed by atoms with Crippen LogP contribution < -0.4 is 5.73 Å². The average molecular weight is 244 g/mol. The Hall–Kier alpha value is -0.540. The molecule has 0 aliphatic heterocycles. The molecule has 0 bridgehead atoms. The molecule has 0 amide bonds. The summed E-state index contributed by atoms with van der Waals surface area (Å²) in [6.07, 6.45) is 0. The molecule has 1 unspecified atom stereocenters. The van der Waals surface area contributed by atoms with E-state index in [-0.39, 0.29) is 5.92 Å². The summed E-state index contributed by atoms with van der Waals surface area (Å²) in [7, 11) is 0. The van der Waals surface area contributed by atoms with Crippen molar-refractivity contribution in [2.75, 3.05) is 6.54 Å². The molecule has 1 aromatic carbocycles. The Morgan fingerprint density at radius 2 is 2.15 bits per heavy atom. The van der Waals surface area contributed by atoms with Gasteiger partial charge in [0.1, 0.15) is 5.75 Å². The van der Waals surface area contributed by atoms with Gasteiger partial charge in [-0.05, 0) is 37.1 Å². The zero-order chi connectivity index (χ0) is 10.0. The number of phenolic OH excluding ortho intramolecular Hbond substituents is 1. The molecule has 0 saturated carbocycles. The summed E-state index contributed by atoms with van der Waals surface area (Å²) in [6, 6.07) is 3.78. The average Bonchev–Trinajstić information content (AvgIpc) is 2.12. The van der Waals surface area contributed by atoms with Crippen LogP contribution in [0.4, 0.5) is 0 Å². The SMILES string of the molecule is Cc1c(O)cc(C(C)CN)cc1Br. The zero-order valence-electron chi connectivity index (χ0n) is 7.84. The molecule has 0 heterocycles. The fourth-order valence-electron chi connectivity index (χ4n) is 1.11. The van der Waals surface area contributed by atoms with Crippen LogP contribution in [0, 0.1) is 6.92 Å². The standard InChI is InChI=1S/C10H14BrNO/c1-6(5-12)8-3-9(11)7(2)10(13)4-8/h3-4,6,13H,5,12H2,1-2H3. The van der Waals surface area contributed by atoms with E-state index in [2.05, 4.69) is 15.9 Å². The topological polar surface area (TPSA) is 46.2 Å². The molecule has 0 saturated heterocycles. The highest BCUT2D eigenvalue weighted by molar-refractivity contribution is 9.10. The first-order valence-corrected chi connectivity index (χ1v) is 5.04. The first-order chi connectivity index (χ1) is 6.06. The van der Waals surface area contributed by atoms with E-state index >= 15 is 0 Å². The second-order valence-corrected chi connectivity index (χ2v) is 4.14. The van der Waals surface area contributed by atoms with Crippen molar-refractivity contribution in [3.63, 3.8) is 0 Å². The van der Waals surface area contributed by atoms with Crippen LogP contribution in [-0.2, 0) is 0 Å². The fraction of sp³-hybridized carbons (Fsp3) is 0.400. The van der Waals surface area contributed by atoms with Crippen LogP contribution in [0.3, 0.4) is 0 Å². The van der Waals surface area contributed by atoms with Crippen LogP contribution >= 0.6 is 15.9 Å². The quantitative estimate of drug-likeness (QED) is 0.839. The summed E-state index contributed by atoms with van der Waals surface area (Å²) in [4.78, 5) is 0. The molecule has 3 heteroatoms. The van der Waals surface area contributed by atoms with E-state index in [0.717, 1.165) is 15.6 Å². The molecule has 0 aromatic heterocycles. The first kappa shape index (κ1) is 10.5. The minimum absolute atomic E-state index is 0.280. The Labute approximate surface area is 86.9 Å². The highest BCUT2D eigenvalue weighted by Gasteiger charge is 2.08. The first-order valence-electron chi connectivity index (χ1n) is 4.25. The van der Waals surface area contributed by atoms with E-state index in [1.54, 1.807) is 6.07 Å². The van der Waals surface area contributed by atoms with E-state index in [0.29, 0.717) is 12.3 Å². The lowest BCUT2D eigenvalue weighted by atomic mass is 10.00. The molecule has 0 radical (unpaired) electrons. The molecular weight excluding hydrogens is 230 g/mol. The third-order valence-electron chi connectivity index (χ3n) is 2.26. The third kappa shape index (κ3) is 2.23. The fourth-order valence-corrected chi connectivity index (χ4v) is 1.57. The maximum Gasteiger partial charge on any atom is 0.119 e. The lowest BCUT2D eigenvalue weighted by molar-refractivity contribution is 0.469. The van der Waals surface area contributed by atoms with Crippen molar-refractivity contribution in [1.82, 2.24) is 0 Å². The van der Waals surface area contributed by atoms with Crippen molar-refractivity contribution in [2.24, 2.45) is 5.73 Å². The Kier molecular flexibility index (Phi) is 3.33. The number of benzene rings is 1. The van der Waals surface area contributed by atoms with Gasteiger partial charge in [0.25, 0.3) is 0 Å². The molecule has 3 N–H and O–H groups in total. The molecule has 0 spiro atoms. The number of hydrogen-bond acceptors (Lipinski definition) is 2. The molecular formula is C10H14BrNO. The number of halogens is 1. The van der Waals surface area contributed by atoms with Gasteiger partial charge in [-0.15, -0.1) is 0 Å². The molecule has 1 rings (SSSR count). The van der Waals surface area contributed by atoms with E-state index in [1.807, 2.05) is 19.9 Å². The number of nitrogens with two attached hydrogens (primary N) is 1. The summed E-state index contributed by atoms with van der Waals surface area (Å²) >= 11 is 3.39. The van der Waals surface area contributed by atoms with Crippen LogP contribution in [0.15, 0.2) is 16.6 Å². The summed E-state index contributed by atoms with van der Waals surface area (Å²) in [6.45, 7) is 4.50. The lowest BCUT2D eigenvalue weighted by Crippen LogP contribution is -2.08. The Morgan fingerprint density at radius 3 is 2.62 bits per heavy atom. The van der Waals surface area contributed by atoms with Gasteiger partial charge in [0.15, 0.2) is 0 Å². The molecule has 0 aliphatic rings. The smallest absolute Gasteiger partial charge is 0.119 e. The number of hydrogen-bond donors (Lipinski definition) is 2. The summed E-state index contributed by atoms with van der Waals surface area (Å²) in [5.74, 6) is 0.604. The van der Waals surface area contributed by atoms with Crippen molar-refractivity contribution in [1.29, 1.82) is 0 Å². The van der Waals surface area contributed by atoms with Crippen LogP contribution in [-0.4, -0.2) is 11.7 Å². The predicted molar refractivity (Wildman–Crippen MR) is 58.0 cm³/mol. The molecule has 72 valence electrons. The second-order valence-electron chi connectivity index (χ2n) is 3.28. The normalized spacial score (nSPS) is 12.9. The summed E-state index contributed by atoms with van der Waals surface area (Å²) < 4.78 is 0.933. The van der Waals surface area contributed by atoms with E-state index in [4.69, 9.17) is 5.73 Å².